The fourth-order valence-corrected chi connectivity index (χ4v) is 4.91. The van der Waals surface area contributed by atoms with Crippen LogP contribution in [0, 0.1) is 5.82 Å². The lowest BCUT2D eigenvalue weighted by molar-refractivity contribution is 0.0940. The van der Waals surface area contributed by atoms with Crippen LogP contribution < -0.4 is 14.9 Å². The summed E-state index contributed by atoms with van der Waals surface area (Å²) in [5.41, 5.74) is 2.86. The zero-order valence-electron chi connectivity index (χ0n) is 21.5. The number of amides is 2. The van der Waals surface area contributed by atoms with Gasteiger partial charge in [0.2, 0.25) is 10.0 Å². The van der Waals surface area contributed by atoms with Gasteiger partial charge in [-0.25, -0.2) is 12.8 Å². The Kier molecular flexibility index (Phi) is 8.41. The Hall–Kier alpha value is -4.50. The Bertz CT molecular complexity index is 1560. The van der Waals surface area contributed by atoms with Gasteiger partial charge in [-0.15, -0.1) is 0 Å². The number of para-hydroxylation sites is 1. The Labute approximate surface area is 227 Å². The molecule has 200 valence electrons. The number of nitrogens with zero attached hydrogens (tertiary/aromatic N) is 1. The molecule has 4 rings (SSSR count). The van der Waals surface area contributed by atoms with Crippen molar-refractivity contribution in [3.8, 4) is 0 Å². The van der Waals surface area contributed by atoms with Crippen LogP contribution in [0.15, 0.2) is 103 Å². The molecule has 4 aromatic carbocycles. The number of anilines is 2. The standard InChI is InChI=1S/C30H28FN3O4S/c1-21(23-8-4-3-5-9-23)32-30(36)27-10-6-7-11-28(27)33-29(35)24-14-18-26(19-15-24)34(39(2,37)38)20-22-12-16-25(31)17-13-22/h3-19,21H,20H2,1-2H3,(H,32,36)(H,33,35)/t21-/m1/s1. The van der Waals surface area contributed by atoms with Gasteiger partial charge in [0.15, 0.2) is 0 Å². The molecule has 0 aliphatic carbocycles. The van der Waals surface area contributed by atoms with Crippen LogP contribution in [0.25, 0.3) is 0 Å². The second-order valence-electron chi connectivity index (χ2n) is 9.05. The molecule has 0 aliphatic heterocycles. The van der Waals surface area contributed by atoms with Crippen molar-refractivity contribution in [2.45, 2.75) is 19.5 Å². The quantitative estimate of drug-likeness (QED) is 0.289. The number of hydrogen-bond donors (Lipinski definition) is 2. The Morgan fingerprint density at radius 3 is 2.08 bits per heavy atom. The first-order chi connectivity index (χ1) is 18.6. The van der Waals surface area contributed by atoms with Crippen molar-refractivity contribution >= 4 is 33.2 Å². The summed E-state index contributed by atoms with van der Waals surface area (Å²) in [6.07, 6.45) is 1.08. The zero-order chi connectivity index (χ0) is 28.0. The van der Waals surface area contributed by atoms with Gasteiger partial charge in [-0.2, -0.15) is 0 Å². The first kappa shape index (κ1) is 27.5. The lowest BCUT2D eigenvalue weighted by Crippen LogP contribution is -2.29. The van der Waals surface area contributed by atoms with Crippen molar-refractivity contribution < 1.29 is 22.4 Å². The highest BCUT2D eigenvalue weighted by atomic mass is 32.2. The fraction of sp³-hybridized carbons (Fsp3) is 0.133. The van der Waals surface area contributed by atoms with E-state index in [4.69, 9.17) is 0 Å². The molecule has 39 heavy (non-hydrogen) atoms. The molecular formula is C30H28FN3O4S. The Morgan fingerprint density at radius 2 is 1.44 bits per heavy atom. The van der Waals surface area contributed by atoms with E-state index >= 15 is 0 Å². The number of hydrogen-bond acceptors (Lipinski definition) is 4. The number of nitrogens with one attached hydrogen (secondary N) is 2. The lowest BCUT2D eigenvalue weighted by atomic mass is 10.1. The topological polar surface area (TPSA) is 95.6 Å². The highest BCUT2D eigenvalue weighted by Crippen LogP contribution is 2.23. The average molecular weight is 546 g/mol. The van der Waals surface area contributed by atoms with E-state index in [2.05, 4.69) is 10.6 Å². The average Bonchev–Trinajstić information content (AvgIpc) is 2.93. The molecule has 0 radical (unpaired) electrons. The number of halogens is 1. The predicted molar refractivity (Wildman–Crippen MR) is 151 cm³/mol. The molecule has 7 nitrogen and oxygen atoms in total. The summed E-state index contributed by atoms with van der Waals surface area (Å²) in [4.78, 5) is 26.0. The van der Waals surface area contributed by atoms with Crippen molar-refractivity contribution in [1.29, 1.82) is 0 Å². The molecule has 0 saturated heterocycles. The molecular weight excluding hydrogens is 517 g/mol. The Morgan fingerprint density at radius 1 is 0.821 bits per heavy atom. The molecule has 0 heterocycles. The van der Waals surface area contributed by atoms with Gasteiger partial charge in [0.05, 0.1) is 35.8 Å². The van der Waals surface area contributed by atoms with Gasteiger partial charge in [0.25, 0.3) is 11.8 Å². The van der Waals surface area contributed by atoms with Crippen LogP contribution in [-0.4, -0.2) is 26.5 Å². The molecule has 2 N–H and O–H groups in total. The van der Waals surface area contributed by atoms with E-state index in [1.807, 2.05) is 37.3 Å². The predicted octanol–water partition coefficient (Wildman–Crippen LogP) is 5.54. The van der Waals surface area contributed by atoms with E-state index in [1.54, 1.807) is 24.3 Å². The van der Waals surface area contributed by atoms with E-state index in [0.717, 1.165) is 11.8 Å². The van der Waals surface area contributed by atoms with Gasteiger partial charge in [0, 0.05) is 5.56 Å². The molecule has 0 spiro atoms. The highest BCUT2D eigenvalue weighted by molar-refractivity contribution is 7.92. The van der Waals surface area contributed by atoms with Crippen LogP contribution >= 0.6 is 0 Å². The third kappa shape index (κ3) is 7.08. The molecule has 0 aliphatic rings. The summed E-state index contributed by atoms with van der Waals surface area (Å²) in [6, 6.07) is 27.7. The maximum atomic E-state index is 13.3. The monoisotopic (exact) mass is 545 g/mol. The molecule has 9 heteroatoms. The van der Waals surface area contributed by atoms with E-state index in [9.17, 15) is 22.4 Å². The van der Waals surface area contributed by atoms with Crippen LogP contribution in [-0.2, 0) is 16.6 Å². The first-order valence-corrected chi connectivity index (χ1v) is 14.0. The van der Waals surface area contributed by atoms with Gasteiger partial charge < -0.3 is 10.6 Å². The maximum absolute atomic E-state index is 13.3. The van der Waals surface area contributed by atoms with E-state index in [-0.39, 0.29) is 24.1 Å². The van der Waals surface area contributed by atoms with Crippen LogP contribution in [0.4, 0.5) is 15.8 Å². The molecule has 0 saturated carbocycles. The van der Waals surface area contributed by atoms with Crippen molar-refractivity contribution in [2.24, 2.45) is 0 Å². The minimum Gasteiger partial charge on any atom is -0.345 e. The molecule has 0 fully saturated rings. The van der Waals surface area contributed by atoms with Crippen LogP contribution in [0.5, 0.6) is 0 Å². The van der Waals surface area contributed by atoms with E-state index in [0.29, 0.717) is 22.5 Å². The number of rotatable bonds is 9. The zero-order valence-corrected chi connectivity index (χ0v) is 22.3. The lowest BCUT2D eigenvalue weighted by Gasteiger charge is -2.23. The normalized spacial score (nSPS) is 11.9. The molecule has 1 atom stereocenters. The second kappa shape index (κ2) is 11.9. The smallest absolute Gasteiger partial charge is 0.255 e. The second-order valence-corrected chi connectivity index (χ2v) is 11.0. The van der Waals surface area contributed by atoms with Gasteiger partial charge >= 0.3 is 0 Å². The van der Waals surface area contributed by atoms with E-state index < -0.39 is 21.7 Å². The van der Waals surface area contributed by atoms with Crippen LogP contribution in [0.3, 0.4) is 0 Å². The molecule has 2 amide bonds. The minimum atomic E-state index is -3.66. The van der Waals surface area contributed by atoms with Gasteiger partial charge in [-0.05, 0) is 66.6 Å². The van der Waals surface area contributed by atoms with Crippen molar-refractivity contribution in [2.75, 3.05) is 15.9 Å². The van der Waals surface area contributed by atoms with Crippen molar-refractivity contribution in [3.63, 3.8) is 0 Å². The van der Waals surface area contributed by atoms with Crippen molar-refractivity contribution in [3.05, 3.63) is 131 Å². The van der Waals surface area contributed by atoms with Gasteiger partial charge in [0.1, 0.15) is 5.82 Å². The summed E-state index contributed by atoms with van der Waals surface area (Å²) < 4.78 is 39.4. The van der Waals surface area contributed by atoms with Crippen LogP contribution in [0.2, 0.25) is 0 Å². The molecule has 4 aromatic rings. The summed E-state index contributed by atoms with van der Waals surface area (Å²) in [5.74, 6) is -1.20. The third-order valence-corrected chi connectivity index (χ3v) is 7.26. The number of carbonyl (C=O) groups excluding carboxylic acids is 2. The summed E-state index contributed by atoms with van der Waals surface area (Å²) in [7, 11) is -3.66. The fourth-order valence-electron chi connectivity index (χ4n) is 4.02. The van der Waals surface area contributed by atoms with Crippen LogP contribution in [0.1, 0.15) is 44.8 Å². The SMILES string of the molecule is C[C@@H](NC(=O)c1ccccc1NC(=O)c1ccc(N(Cc2ccc(F)cc2)S(C)(=O)=O)cc1)c1ccccc1. The maximum Gasteiger partial charge on any atom is 0.255 e. The largest absolute Gasteiger partial charge is 0.345 e. The van der Waals surface area contributed by atoms with E-state index in [1.165, 1.54) is 52.8 Å². The van der Waals surface area contributed by atoms with Gasteiger partial charge in [-0.1, -0.05) is 54.6 Å². The molecule has 0 bridgehead atoms. The minimum absolute atomic E-state index is 0.00848. The summed E-state index contributed by atoms with van der Waals surface area (Å²) in [6.45, 7) is 1.89. The Balaban J connectivity index is 1.49. The molecule has 0 aromatic heterocycles. The number of carbonyl (C=O) groups is 2. The first-order valence-electron chi connectivity index (χ1n) is 12.2. The molecule has 0 unspecified atom stereocenters. The third-order valence-electron chi connectivity index (χ3n) is 6.12. The summed E-state index contributed by atoms with van der Waals surface area (Å²) in [5, 5.41) is 5.73. The number of sulfonamides is 1. The highest BCUT2D eigenvalue weighted by Gasteiger charge is 2.20. The van der Waals surface area contributed by atoms with Crippen molar-refractivity contribution in [1.82, 2.24) is 5.32 Å². The number of benzene rings is 4. The van der Waals surface area contributed by atoms with Gasteiger partial charge in [-0.3, -0.25) is 13.9 Å². The summed E-state index contributed by atoms with van der Waals surface area (Å²) >= 11 is 0.